The molecule has 6 heteroatoms. The van der Waals surface area contributed by atoms with Gasteiger partial charge in [0.2, 0.25) is 0 Å². The third kappa shape index (κ3) is 6.37. The van der Waals surface area contributed by atoms with E-state index in [-0.39, 0.29) is 31.4 Å². The van der Waals surface area contributed by atoms with Gasteiger partial charge in [-0.3, -0.25) is 4.90 Å². The van der Waals surface area contributed by atoms with Crippen LogP contribution >= 0.6 is 0 Å². The number of nitrogens with one attached hydrogen (secondary N) is 1. The van der Waals surface area contributed by atoms with Gasteiger partial charge in [0.25, 0.3) is 0 Å². The lowest BCUT2D eigenvalue weighted by Gasteiger charge is -2.30. The van der Waals surface area contributed by atoms with Crippen LogP contribution in [0.1, 0.15) is 30.9 Å². The van der Waals surface area contributed by atoms with Crippen LogP contribution in [0.2, 0.25) is 0 Å². The van der Waals surface area contributed by atoms with Crippen molar-refractivity contribution < 1.29 is 19.1 Å². The Labute approximate surface area is 177 Å². The first-order chi connectivity index (χ1) is 14.7. The summed E-state index contributed by atoms with van der Waals surface area (Å²) in [6.45, 7) is 2.80. The van der Waals surface area contributed by atoms with Gasteiger partial charge in [-0.05, 0) is 24.0 Å². The Bertz CT molecular complexity index is 839. The summed E-state index contributed by atoms with van der Waals surface area (Å²) in [5.74, 6) is 0. The first-order valence-electron chi connectivity index (χ1n) is 10.3. The molecule has 0 saturated carbocycles. The van der Waals surface area contributed by atoms with Crippen LogP contribution in [0.5, 0.6) is 0 Å². The lowest BCUT2D eigenvalue weighted by Crippen LogP contribution is -2.48. The minimum Gasteiger partial charge on any atom is -0.445 e. The van der Waals surface area contributed by atoms with Gasteiger partial charge in [-0.15, -0.1) is 0 Å². The first kappa shape index (κ1) is 21.4. The average molecular weight is 408 g/mol. The zero-order chi connectivity index (χ0) is 21.2. The highest BCUT2D eigenvalue weighted by molar-refractivity contribution is 5.70. The summed E-state index contributed by atoms with van der Waals surface area (Å²) < 4.78 is 10.8. The van der Waals surface area contributed by atoms with Crippen LogP contribution in [0.3, 0.4) is 0 Å². The molecule has 30 heavy (non-hydrogen) atoms. The van der Waals surface area contributed by atoms with Crippen LogP contribution in [-0.4, -0.2) is 35.7 Å². The monoisotopic (exact) mass is 408 g/mol. The third-order valence-corrected chi connectivity index (χ3v) is 4.99. The number of amides is 2. The van der Waals surface area contributed by atoms with Crippen molar-refractivity contribution >= 4 is 12.2 Å². The van der Waals surface area contributed by atoms with Gasteiger partial charge in [0.05, 0.1) is 12.1 Å². The average Bonchev–Trinajstić information content (AvgIpc) is 2.99. The number of benzene rings is 2. The van der Waals surface area contributed by atoms with Crippen molar-refractivity contribution in [3.05, 3.63) is 83.9 Å². The van der Waals surface area contributed by atoms with Crippen molar-refractivity contribution in [1.29, 1.82) is 0 Å². The van der Waals surface area contributed by atoms with Gasteiger partial charge in [-0.2, -0.15) is 0 Å². The summed E-state index contributed by atoms with van der Waals surface area (Å²) in [6.07, 6.45) is 4.51. The van der Waals surface area contributed by atoms with Crippen molar-refractivity contribution in [1.82, 2.24) is 10.2 Å². The molecule has 3 rings (SSSR count). The highest BCUT2D eigenvalue weighted by Crippen LogP contribution is 2.16. The van der Waals surface area contributed by atoms with Gasteiger partial charge < -0.3 is 14.8 Å². The summed E-state index contributed by atoms with van der Waals surface area (Å²) >= 11 is 0. The molecule has 1 aliphatic rings. The van der Waals surface area contributed by atoms with E-state index in [1.807, 2.05) is 79.7 Å². The molecule has 1 aliphatic heterocycles. The molecule has 0 aromatic heterocycles. The number of hydrogen-bond donors (Lipinski definition) is 1. The Morgan fingerprint density at radius 2 is 1.57 bits per heavy atom. The van der Waals surface area contributed by atoms with E-state index in [1.165, 1.54) is 0 Å². The Balaban J connectivity index is 1.55. The van der Waals surface area contributed by atoms with Crippen molar-refractivity contribution in [3.63, 3.8) is 0 Å². The van der Waals surface area contributed by atoms with Crippen molar-refractivity contribution in [2.45, 2.75) is 45.1 Å². The summed E-state index contributed by atoms with van der Waals surface area (Å²) in [4.78, 5) is 26.7. The number of carbonyl (C=O) groups is 2. The largest absolute Gasteiger partial charge is 0.445 e. The van der Waals surface area contributed by atoms with Crippen LogP contribution in [0.25, 0.3) is 0 Å². The molecule has 1 N–H and O–H groups in total. The molecule has 0 fully saturated rings. The number of alkyl carbamates (subject to hydrolysis) is 1. The Morgan fingerprint density at radius 1 is 0.967 bits per heavy atom. The van der Waals surface area contributed by atoms with Gasteiger partial charge in [0.1, 0.15) is 13.2 Å². The minimum atomic E-state index is -0.496. The summed E-state index contributed by atoms with van der Waals surface area (Å²) in [6, 6.07) is 18.8. The molecular formula is C24H28N2O4. The van der Waals surface area contributed by atoms with E-state index in [9.17, 15) is 9.59 Å². The lowest BCUT2D eigenvalue weighted by molar-refractivity contribution is 0.0819. The molecule has 0 spiro atoms. The summed E-state index contributed by atoms with van der Waals surface area (Å²) in [7, 11) is 0. The Kier molecular flexibility index (Phi) is 7.89. The summed E-state index contributed by atoms with van der Waals surface area (Å²) in [5, 5.41) is 2.87. The zero-order valence-electron chi connectivity index (χ0n) is 17.2. The molecule has 158 valence electrons. The van der Waals surface area contributed by atoms with E-state index in [0.717, 1.165) is 17.5 Å². The van der Waals surface area contributed by atoms with E-state index < -0.39 is 6.09 Å². The molecule has 2 atom stereocenters. The summed E-state index contributed by atoms with van der Waals surface area (Å²) in [5.41, 5.74) is 1.86. The van der Waals surface area contributed by atoms with Crippen molar-refractivity contribution in [3.8, 4) is 0 Å². The maximum Gasteiger partial charge on any atom is 0.410 e. The standard InChI is InChI=1S/C24H28N2O4/c1-2-22-15-9-14-21(25-23(27)29-17-19-10-5-3-6-11-19)16-26(22)24(28)30-18-20-12-7-4-8-13-20/h3-13,15,21-22H,2,14,16-18H2,1H3,(H,25,27)/t21-,22-/m0/s1. The van der Waals surface area contributed by atoms with Crippen LogP contribution in [0.4, 0.5) is 9.59 Å². The van der Waals surface area contributed by atoms with Crippen molar-refractivity contribution in [2.24, 2.45) is 0 Å². The SMILES string of the molecule is CC[C@H]1C=CC[C@H](NC(=O)OCc2ccccc2)CN1C(=O)OCc1ccccc1. The number of nitrogens with zero attached hydrogens (tertiary/aromatic N) is 1. The van der Waals surface area contributed by atoms with Gasteiger partial charge in [-0.25, -0.2) is 9.59 Å². The molecule has 2 amide bonds. The van der Waals surface area contributed by atoms with E-state index in [1.54, 1.807) is 4.90 Å². The fourth-order valence-corrected chi connectivity index (χ4v) is 3.36. The lowest BCUT2D eigenvalue weighted by atomic mass is 10.2. The molecular weight excluding hydrogens is 380 g/mol. The number of carbonyl (C=O) groups excluding carboxylic acids is 2. The van der Waals surface area contributed by atoms with E-state index in [2.05, 4.69) is 5.32 Å². The van der Waals surface area contributed by atoms with Crippen LogP contribution in [0.15, 0.2) is 72.8 Å². The number of ether oxygens (including phenoxy) is 2. The third-order valence-electron chi connectivity index (χ3n) is 4.99. The van der Waals surface area contributed by atoms with Gasteiger partial charge in [-0.1, -0.05) is 79.7 Å². The smallest absolute Gasteiger partial charge is 0.410 e. The second kappa shape index (κ2) is 11.0. The maximum absolute atomic E-state index is 12.8. The van der Waals surface area contributed by atoms with Crippen LogP contribution in [0, 0.1) is 0 Å². The highest BCUT2D eigenvalue weighted by atomic mass is 16.6. The Morgan fingerprint density at radius 3 is 2.17 bits per heavy atom. The molecule has 2 aromatic carbocycles. The predicted molar refractivity (Wildman–Crippen MR) is 115 cm³/mol. The highest BCUT2D eigenvalue weighted by Gasteiger charge is 2.28. The predicted octanol–water partition coefficient (Wildman–Crippen LogP) is 4.66. The van der Waals surface area contributed by atoms with E-state index >= 15 is 0 Å². The maximum atomic E-state index is 12.8. The van der Waals surface area contributed by atoms with Crippen LogP contribution < -0.4 is 5.32 Å². The van der Waals surface area contributed by atoms with E-state index in [0.29, 0.717) is 13.0 Å². The fourth-order valence-electron chi connectivity index (χ4n) is 3.36. The minimum absolute atomic E-state index is 0.0691. The normalized spacial score (nSPS) is 18.4. The van der Waals surface area contributed by atoms with Crippen molar-refractivity contribution in [2.75, 3.05) is 6.54 Å². The Hall–Kier alpha value is -3.28. The molecule has 6 nitrogen and oxygen atoms in total. The quantitative estimate of drug-likeness (QED) is 0.706. The van der Waals surface area contributed by atoms with Gasteiger partial charge >= 0.3 is 12.2 Å². The van der Waals surface area contributed by atoms with Gasteiger partial charge in [0.15, 0.2) is 0 Å². The molecule has 2 aromatic rings. The van der Waals surface area contributed by atoms with Crippen LogP contribution in [-0.2, 0) is 22.7 Å². The fraction of sp³-hybridized carbons (Fsp3) is 0.333. The molecule has 1 heterocycles. The molecule has 0 aliphatic carbocycles. The first-order valence-corrected chi connectivity index (χ1v) is 10.3. The second-order valence-corrected chi connectivity index (χ2v) is 7.23. The second-order valence-electron chi connectivity index (χ2n) is 7.23. The molecule has 0 saturated heterocycles. The topological polar surface area (TPSA) is 67.9 Å². The number of hydrogen-bond acceptors (Lipinski definition) is 4. The zero-order valence-corrected chi connectivity index (χ0v) is 17.2. The number of rotatable bonds is 6. The van der Waals surface area contributed by atoms with Gasteiger partial charge in [0, 0.05) is 6.54 Å². The molecule has 0 bridgehead atoms. The molecule has 0 unspecified atom stereocenters. The molecule has 0 radical (unpaired) electrons. The van der Waals surface area contributed by atoms with E-state index in [4.69, 9.17) is 9.47 Å².